The summed E-state index contributed by atoms with van der Waals surface area (Å²) in [5.74, 6) is 1.90. The number of nitrogens with one attached hydrogen (secondary N) is 1. The maximum Gasteiger partial charge on any atom is 0.276 e. The molecule has 2 amide bonds. The Labute approximate surface area is 231 Å². The normalized spacial score (nSPS) is 24.2. The van der Waals surface area contributed by atoms with E-state index in [1.807, 2.05) is 11.3 Å². The van der Waals surface area contributed by atoms with Gasteiger partial charge in [0.25, 0.3) is 5.91 Å². The van der Waals surface area contributed by atoms with Crippen LogP contribution < -0.4 is 11.1 Å². The summed E-state index contributed by atoms with van der Waals surface area (Å²) in [5.41, 5.74) is 6.13. The molecular formula is C29H45N5O3S. The molecule has 1 aliphatic heterocycles. The van der Waals surface area contributed by atoms with Crippen molar-refractivity contribution in [1.29, 1.82) is 0 Å². The number of aryl methyl sites for hydroxylation is 2. The van der Waals surface area contributed by atoms with Crippen LogP contribution in [0.3, 0.4) is 0 Å². The van der Waals surface area contributed by atoms with Crippen LogP contribution in [-0.4, -0.2) is 65.0 Å². The third-order valence-electron chi connectivity index (χ3n) is 8.12. The summed E-state index contributed by atoms with van der Waals surface area (Å²) in [4.78, 5) is 34.0. The number of carbonyl (C=O) groups is 2. The van der Waals surface area contributed by atoms with Crippen LogP contribution in [0.15, 0.2) is 22.7 Å². The van der Waals surface area contributed by atoms with E-state index in [1.165, 1.54) is 9.75 Å². The van der Waals surface area contributed by atoms with Crippen LogP contribution in [0.2, 0.25) is 0 Å². The lowest BCUT2D eigenvalue weighted by Gasteiger charge is -2.43. The maximum absolute atomic E-state index is 13.7. The molecule has 210 valence electrons. The Hall–Kier alpha value is -2.23. The van der Waals surface area contributed by atoms with Crippen LogP contribution in [-0.2, 0) is 11.3 Å². The largest absolute Gasteiger partial charge is 0.361 e. The first-order chi connectivity index (χ1) is 18.2. The molecule has 2 atom stereocenters. The van der Waals surface area contributed by atoms with Crippen LogP contribution in [0.5, 0.6) is 0 Å². The second kappa shape index (κ2) is 13.2. The van der Waals surface area contributed by atoms with Gasteiger partial charge in [-0.05, 0) is 88.8 Å². The van der Waals surface area contributed by atoms with Gasteiger partial charge in [0.15, 0.2) is 5.69 Å². The van der Waals surface area contributed by atoms with Crippen LogP contribution in [0, 0.1) is 31.6 Å². The second-order valence-electron chi connectivity index (χ2n) is 11.7. The van der Waals surface area contributed by atoms with E-state index in [0.717, 1.165) is 51.7 Å². The molecule has 3 N–H and O–H groups in total. The van der Waals surface area contributed by atoms with E-state index < -0.39 is 6.04 Å². The molecule has 2 fully saturated rings. The zero-order valence-electron chi connectivity index (χ0n) is 23.4. The molecule has 8 nitrogen and oxygen atoms in total. The molecule has 9 heteroatoms. The SMILES string of the molecule is Cc1cc(C(=O)N2CCC(N(Cc3ccc(C)s3)CC(C)C)C[C@@H]2C(=O)NCC2CCC(CN)CC2)no1. The third kappa shape index (κ3) is 7.45. The summed E-state index contributed by atoms with van der Waals surface area (Å²) in [6, 6.07) is 5.73. The van der Waals surface area contributed by atoms with Gasteiger partial charge in [-0.15, -0.1) is 11.3 Å². The molecule has 4 rings (SSSR count). The summed E-state index contributed by atoms with van der Waals surface area (Å²) >= 11 is 1.83. The van der Waals surface area contributed by atoms with E-state index in [9.17, 15) is 9.59 Å². The van der Waals surface area contributed by atoms with Crippen molar-refractivity contribution in [3.63, 3.8) is 0 Å². The monoisotopic (exact) mass is 543 g/mol. The summed E-state index contributed by atoms with van der Waals surface area (Å²) in [6.45, 7) is 12.1. The summed E-state index contributed by atoms with van der Waals surface area (Å²) in [7, 11) is 0. The van der Waals surface area contributed by atoms with Crippen LogP contribution in [0.25, 0.3) is 0 Å². The number of likely N-dealkylation sites (tertiary alicyclic amines) is 1. The highest BCUT2D eigenvalue weighted by atomic mass is 32.1. The van der Waals surface area contributed by atoms with Gasteiger partial charge in [-0.2, -0.15) is 0 Å². The lowest BCUT2D eigenvalue weighted by Crippen LogP contribution is -2.58. The molecule has 3 heterocycles. The van der Waals surface area contributed by atoms with Gasteiger partial charge >= 0.3 is 0 Å². The van der Waals surface area contributed by atoms with E-state index in [4.69, 9.17) is 10.3 Å². The first-order valence-electron chi connectivity index (χ1n) is 14.2. The molecule has 2 aromatic rings. The number of hydrogen-bond acceptors (Lipinski definition) is 7. The molecule has 0 radical (unpaired) electrons. The van der Waals surface area contributed by atoms with Crippen molar-refractivity contribution in [3.05, 3.63) is 39.4 Å². The van der Waals surface area contributed by atoms with Crippen molar-refractivity contribution >= 4 is 23.2 Å². The smallest absolute Gasteiger partial charge is 0.276 e. The predicted octanol–water partition coefficient (Wildman–Crippen LogP) is 4.37. The lowest BCUT2D eigenvalue weighted by atomic mass is 9.82. The third-order valence-corrected chi connectivity index (χ3v) is 9.11. The zero-order valence-corrected chi connectivity index (χ0v) is 24.3. The van der Waals surface area contributed by atoms with E-state index in [-0.39, 0.29) is 23.6 Å². The topological polar surface area (TPSA) is 105 Å². The number of aromatic nitrogens is 1. The molecule has 2 aliphatic rings. The zero-order chi connectivity index (χ0) is 27.2. The average Bonchev–Trinajstić information content (AvgIpc) is 3.53. The number of nitrogens with zero attached hydrogens (tertiary/aromatic N) is 3. The fraction of sp³-hybridized carbons (Fsp3) is 0.690. The molecule has 1 unspecified atom stereocenters. The van der Waals surface area contributed by atoms with Crippen LogP contribution in [0.4, 0.5) is 0 Å². The Kier molecular flexibility index (Phi) is 10.0. The van der Waals surface area contributed by atoms with Gasteiger partial charge in [-0.25, -0.2) is 0 Å². The lowest BCUT2D eigenvalue weighted by molar-refractivity contribution is -0.128. The predicted molar refractivity (Wildman–Crippen MR) is 151 cm³/mol. The van der Waals surface area contributed by atoms with Gasteiger partial charge < -0.3 is 20.5 Å². The number of amides is 2. The minimum absolute atomic E-state index is 0.0549. The van der Waals surface area contributed by atoms with Crippen molar-refractivity contribution in [2.45, 2.75) is 84.8 Å². The Morgan fingerprint density at radius 3 is 2.53 bits per heavy atom. The maximum atomic E-state index is 13.7. The molecule has 1 saturated carbocycles. The molecule has 2 aromatic heterocycles. The average molecular weight is 544 g/mol. The second-order valence-corrected chi connectivity index (χ2v) is 13.1. The fourth-order valence-corrected chi connectivity index (χ4v) is 6.92. The Morgan fingerprint density at radius 1 is 1.18 bits per heavy atom. The number of nitrogens with two attached hydrogens (primary N) is 1. The molecule has 0 spiro atoms. The molecular weight excluding hydrogens is 498 g/mol. The molecule has 1 saturated heterocycles. The van der Waals surface area contributed by atoms with Crippen LogP contribution >= 0.6 is 11.3 Å². The molecule has 1 aliphatic carbocycles. The number of carbonyl (C=O) groups excluding carboxylic acids is 2. The summed E-state index contributed by atoms with van der Waals surface area (Å²) in [5, 5.41) is 7.18. The highest BCUT2D eigenvalue weighted by Crippen LogP contribution is 2.29. The number of hydrogen-bond donors (Lipinski definition) is 2. The standard InChI is InChI=1S/C29H45N5O3S/c1-19(2)17-33(18-25-10-5-21(4)38-25)24-11-12-34(29(36)26-13-20(3)37-32-26)27(14-24)28(35)31-16-23-8-6-22(15-30)7-9-23/h5,10,13,19,22-24,27H,6-9,11-12,14-18,30H2,1-4H3,(H,31,35)/t22?,23?,24?,27-/m1/s1. The van der Waals surface area contributed by atoms with Gasteiger partial charge in [0.2, 0.25) is 5.91 Å². The first-order valence-corrected chi connectivity index (χ1v) is 15.1. The summed E-state index contributed by atoms with van der Waals surface area (Å²) < 4.78 is 5.17. The molecule has 38 heavy (non-hydrogen) atoms. The van der Waals surface area contributed by atoms with Crippen molar-refractivity contribution < 1.29 is 14.1 Å². The van der Waals surface area contributed by atoms with Gasteiger partial charge in [-0.3, -0.25) is 14.5 Å². The Bertz CT molecular complexity index is 1060. The minimum Gasteiger partial charge on any atom is -0.361 e. The van der Waals surface area contributed by atoms with Gasteiger partial charge in [0.1, 0.15) is 11.8 Å². The first kappa shape index (κ1) is 28.8. The number of thiophene rings is 1. The van der Waals surface area contributed by atoms with Crippen molar-refractivity contribution in [2.75, 3.05) is 26.2 Å². The number of piperidine rings is 1. The van der Waals surface area contributed by atoms with Gasteiger partial charge in [-0.1, -0.05) is 19.0 Å². The van der Waals surface area contributed by atoms with Gasteiger partial charge in [0.05, 0.1) is 0 Å². The van der Waals surface area contributed by atoms with Gasteiger partial charge in [0, 0.05) is 48.0 Å². The summed E-state index contributed by atoms with van der Waals surface area (Å²) in [6.07, 6.45) is 5.89. The van der Waals surface area contributed by atoms with Crippen LogP contribution in [0.1, 0.15) is 78.4 Å². The Balaban J connectivity index is 1.48. The number of rotatable bonds is 10. The van der Waals surface area contributed by atoms with E-state index in [1.54, 1.807) is 17.9 Å². The van der Waals surface area contributed by atoms with E-state index in [2.05, 4.69) is 48.3 Å². The highest BCUT2D eigenvalue weighted by molar-refractivity contribution is 7.11. The van der Waals surface area contributed by atoms with Crippen molar-refractivity contribution in [3.8, 4) is 0 Å². The van der Waals surface area contributed by atoms with E-state index >= 15 is 0 Å². The Morgan fingerprint density at radius 2 is 1.92 bits per heavy atom. The highest BCUT2D eigenvalue weighted by Gasteiger charge is 2.39. The quantitative estimate of drug-likeness (QED) is 0.461. The van der Waals surface area contributed by atoms with Crippen molar-refractivity contribution in [1.82, 2.24) is 20.3 Å². The minimum atomic E-state index is -0.529. The molecule has 0 aromatic carbocycles. The fourth-order valence-electron chi connectivity index (χ4n) is 6.00. The van der Waals surface area contributed by atoms with E-state index in [0.29, 0.717) is 43.0 Å². The van der Waals surface area contributed by atoms with Crippen molar-refractivity contribution in [2.24, 2.45) is 23.5 Å². The molecule has 0 bridgehead atoms.